The Bertz CT molecular complexity index is 313. The third kappa shape index (κ3) is 4.15. The van der Waals surface area contributed by atoms with Gasteiger partial charge in [-0.25, -0.2) is 10.3 Å². The van der Waals surface area contributed by atoms with E-state index in [0.717, 1.165) is 18.1 Å². The molecule has 14 heavy (non-hydrogen) atoms. The van der Waals surface area contributed by atoms with Gasteiger partial charge < -0.3 is 9.94 Å². The first-order chi connectivity index (χ1) is 6.79. The van der Waals surface area contributed by atoms with E-state index >= 15 is 0 Å². The molecule has 0 saturated carbocycles. The van der Waals surface area contributed by atoms with Crippen LogP contribution in [0.4, 0.5) is 0 Å². The van der Waals surface area contributed by atoms with E-state index < -0.39 is 5.97 Å². The molecule has 4 nitrogen and oxygen atoms in total. The quantitative estimate of drug-likeness (QED) is 0.524. The van der Waals surface area contributed by atoms with Gasteiger partial charge in [-0.3, -0.25) is 0 Å². The van der Waals surface area contributed by atoms with Gasteiger partial charge in [0.25, 0.3) is 0 Å². The first kappa shape index (κ1) is 10.1. The molecule has 0 saturated heterocycles. The van der Waals surface area contributed by atoms with Crippen LogP contribution in [0, 0.1) is 0 Å². The average molecular weight is 193 g/mol. The highest BCUT2D eigenvalue weighted by Gasteiger charge is 1.92. The predicted molar refractivity (Wildman–Crippen MR) is 52.0 cm³/mol. The molecule has 4 heteroatoms. The van der Waals surface area contributed by atoms with Crippen LogP contribution in [0.25, 0.3) is 0 Å². The number of carboxylic acids is 1. The monoisotopic (exact) mass is 193 g/mol. The van der Waals surface area contributed by atoms with Crippen LogP contribution < -0.4 is 5.48 Å². The van der Waals surface area contributed by atoms with Gasteiger partial charge in [0, 0.05) is 12.3 Å². The van der Waals surface area contributed by atoms with Crippen molar-refractivity contribution in [1.82, 2.24) is 5.48 Å². The molecule has 0 bridgehead atoms. The number of hydrogen-bond acceptors (Lipinski definition) is 3. The summed E-state index contributed by atoms with van der Waals surface area (Å²) < 4.78 is 0. The molecule has 1 rings (SSSR count). The predicted octanol–water partition coefficient (Wildman–Crippen LogP) is 1.51. The highest BCUT2D eigenvalue weighted by Crippen LogP contribution is 2.06. The van der Waals surface area contributed by atoms with Gasteiger partial charge in [-0.2, -0.15) is 0 Å². The van der Waals surface area contributed by atoms with E-state index in [-0.39, 0.29) is 0 Å². The van der Waals surface area contributed by atoms with Crippen LogP contribution in [0.15, 0.2) is 48.4 Å². The Balaban J connectivity index is 2.29. The Morgan fingerprint density at radius 1 is 1.57 bits per heavy atom. The van der Waals surface area contributed by atoms with Gasteiger partial charge in [-0.15, -0.1) is 0 Å². The van der Waals surface area contributed by atoms with Gasteiger partial charge in [0.2, 0.25) is 0 Å². The molecule has 1 aliphatic rings. The Hall–Kier alpha value is -1.97. The van der Waals surface area contributed by atoms with Crippen LogP contribution in [-0.2, 0) is 9.63 Å². The summed E-state index contributed by atoms with van der Waals surface area (Å²) in [5.74, 6) is -0.943. The van der Waals surface area contributed by atoms with Crippen LogP contribution in [0.1, 0.15) is 6.42 Å². The maximum atomic E-state index is 10.1. The summed E-state index contributed by atoms with van der Waals surface area (Å²) in [6, 6.07) is 0. The zero-order valence-corrected chi connectivity index (χ0v) is 7.51. The molecule has 0 unspecified atom stereocenters. The molecule has 0 aromatic heterocycles. The lowest BCUT2D eigenvalue weighted by Gasteiger charge is -2.05. The Morgan fingerprint density at radius 3 is 3.07 bits per heavy atom. The van der Waals surface area contributed by atoms with Gasteiger partial charge in [0.05, 0.1) is 0 Å². The van der Waals surface area contributed by atoms with Crippen molar-refractivity contribution < 1.29 is 14.7 Å². The van der Waals surface area contributed by atoms with E-state index in [1.54, 1.807) is 18.5 Å². The lowest BCUT2D eigenvalue weighted by atomic mass is 10.2. The summed E-state index contributed by atoms with van der Waals surface area (Å²) in [4.78, 5) is 14.8. The third-order valence-corrected chi connectivity index (χ3v) is 1.50. The van der Waals surface area contributed by atoms with E-state index in [1.165, 1.54) is 6.08 Å². The maximum absolute atomic E-state index is 10.1. The van der Waals surface area contributed by atoms with Gasteiger partial charge in [-0.1, -0.05) is 18.2 Å². The molecule has 0 aliphatic carbocycles. The van der Waals surface area contributed by atoms with Crippen LogP contribution in [0.2, 0.25) is 0 Å². The molecule has 1 heterocycles. The zero-order valence-electron chi connectivity index (χ0n) is 7.51. The number of aliphatic carboxylic acids is 1. The smallest absolute Gasteiger partial charge is 0.328 e. The molecule has 1 aliphatic heterocycles. The van der Waals surface area contributed by atoms with Crippen molar-refractivity contribution in [3.63, 3.8) is 0 Å². The number of rotatable bonds is 4. The number of carbonyl (C=O) groups is 1. The summed E-state index contributed by atoms with van der Waals surface area (Å²) in [6.07, 6.45) is 12.0. The number of allylic oxidation sites excluding steroid dienone is 5. The van der Waals surface area contributed by atoms with Crippen LogP contribution in [-0.4, -0.2) is 11.1 Å². The number of nitrogens with one attached hydrogen (secondary N) is 1. The summed E-state index contributed by atoms with van der Waals surface area (Å²) in [6.45, 7) is 0. The molecule has 0 spiro atoms. The average Bonchev–Trinajstić information content (AvgIpc) is 2.18. The van der Waals surface area contributed by atoms with Crippen LogP contribution >= 0.6 is 0 Å². The zero-order chi connectivity index (χ0) is 10.2. The Kier molecular flexibility index (Phi) is 4.07. The minimum atomic E-state index is -0.943. The van der Waals surface area contributed by atoms with E-state index in [0.29, 0.717) is 0 Å². The van der Waals surface area contributed by atoms with Crippen LogP contribution in [0.5, 0.6) is 0 Å². The third-order valence-electron chi connectivity index (χ3n) is 1.50. The second-order valence-corrected chi connectivity index (χ2v) is 2.59. The second-order valence-electron chi connectivity index (χ2n) is 2.59. The van der Waals surface area contributed by atoms with Gasteiger partial charge >= 0.3 is 5.97 Å². The number of carboxylic acid groups (broad SMARTS) is 1. The lowest BCUT2D eigenvalue weighted by Crippen LogP contribution is -2.05. The van der Waals surface area contributed by atoms with Gasteiger partial charge in [0.1, 0.15) is 6.26 Å². The largest absolute Gasteiger partial charge is 0.478 e. The second kappa shape index (κ2) is 5.64. The van der Waals surface area contributed by atoms with Gasteiger partial charge in [-0.05, 0) is 18.1 Å². The highest BCUT2D eigenvalue weighted by molar-refractivity contribution is 5.80. The summed E-state index contributed by atoms with van der Waals surface area (Å²) in [5.41, 5.74) is 3.67. The molecule has 74 valence electrons. The Labute approximate surface area is 81.8 Å². The summed E-state index contributed by atoms with van der Waals surface area (Å²) in [7, 11) is 0. The molecule has 0 fully saturated rings. The van der Waals surface area contributed by atoms with Crippen LogP contribution in [0.3, 0.4) is 0 Å². The van der Waals surface area contributed by atoms with Crippen molar-refractivity contribution in [3.05, 3.63) is 48.4 Å². The van der Waals surface area contributed by atoms with Crippen molar-refractivity contribution in [3.8, 4) is 0 Å². The first-order valence-corrected chi connectivity index (χ1v) is 4.12. The fourth-order valence-corrected chi connectivity index (χ4v) is 0.866. The molecule has 2 N–H and O–H groups in total. The van der Waals surface area contributed by atoms with Crippen molar-refractivity contribution in [1.29, 1.82) is 0 Å². The van der Waals surface area contributed by atoms with Crippen molar-refractivity contribution in [2.75, 3.05) is 0 Å². The fourth-order valence-electron chi connectivity index (χ4n) is 0.866. The first-order valence-electron chi connectivity index (χ1n) is 4.12. The molecule has 0 amide bonds. The fraction of sp³-hybridized carbons (Fsp3) is 0.100. The highest BCUT2D eigenvalue weighted by atomic mass is 16.6. The number of hydroxylamine groups is 1. The molecular formula is C10H11NO3. The standard InChI is InChI=1S/C10H11NO3/c12-10(13)5-3-1-2-4-9-6-7-14-11-8-9/h1-3,5-8,11H,4H2,(H,12,13). The van der Waals surface area contributed by atoms with Crippen molar-refractivity contribution >= 4 is 5.97 Å². The molecule has 0 aromatic carbocycles. The molecule has 0 atom stereocenters. The molecular weight excluding hydrogens is 182 g/mol. The van der Waals surface area contributed by atoms with E-state index in [9.17, 15) is 4.79 Å². The molecule has 0 aromatic rings. The number of hydrogen-bond donors (Lipinski definition) is 2. The Morgan fingerprint density at radius 2 is 2.43 bits per heavy atom. The minimum absolute atomic E-state index is 0.733. The van der Waals surface area contributed by atoms with Crippen molar-refractivity contribution in [2.45, 2.75) is 6.42 Å². The van der Waals surface area contributed by atoms with Crippen molar-refractivity contribution in [2.24, 2.45) is 0 Å². The minimum Gasteiger partial charge on any atom is -0.478 e. The van der Waals surface area contributed by atoms with E-state index in [1.807, 2.05) is 12.2 Å². The summed E-state index contributed by atoms with van der Waals surface area (Å²) >= 11 is 0. The van der Waals surface area contributed by atoms with E-state index in [2.05, 4.69) is 5.48 Å². The normalized spacial score (nSPS) is 15.3. The topological polar surface area (TPSA) is 58.6 Å². The SMILES string of the molecule is O=C(O)C=CC=CCC1=CNOC=C1. The van der Waals surface area contributed by atoms with Gasteiger partial charge in [0.15, 0.2) is 0 Å². The lowest BCUT2D eigenvalue weighted by molar-refractivity contribution is -0.131. The summed E-state index contributed by atoms with van der Waals surface area (Å²) in [5, 5.41) is 8.29. The van der Waals surface area contributed by atoms with E-state index in [4.69, 9.17) is 9.94 Å². The maximum Gasteiger partial charge on any atom is 0.328 e. The molecule has 0 radical (unpaired) electrons.